The number of benzene rings is 2. The third-order valence-corrected chi connectivity index (χ3v) is 9.98. The van der Waals surface area contributed by atoms with E-state index in [1.54, 1.807) is 31.2 Å². The van der Waals surface area contributed by atoms with Gasteiger partial charge in [0, 0.05) is 23.3 Å². The summed E-state index contributed by atoms with van der Waals surface area (Å²) >= 11 is 0. The van der Waals surface area contributed by atoms with Gasteiger partial charge in [0.1, 0.15) is 19.0 Å². The van der Waals surface area contributed by atoms with Gasteiger partial charge < -0.3 is 14.6 Å². The van der Waals surface area contributed by atoms with E-state index in [1.165, 1.54) is 51.4 Å². The van der Waals surface area contributed by atoms with Crippen LogP contribution in [0.3, 0.4) is 0 Å². The summed E-state index contributed by atoms with van der Waals surface area (Å²) in [5.41, 5.74) is 2.29. The molecular weight excluding hydrogens is 558 g/mol. The first kappa shape index (κ1) is 34.1. The summed E-state index contributed by atoms with van der Waals surface area (Å²) in [6.07, 6.45) is 16.0. The minimum Gasteiger partial charge on any atom is -0.489 e. The van der Waals surface area contributed by atoms with Crippen LogP contribution in [0.15, 0.2) is 42.5 Å². The molecule has 0 amide bonds. The molecule has 0 heterocycles. The van der Waals surface area contributed by atoms with Gasteiger partial charge in [0.2, 0.25) is 0 Å². The average Bonchev–Trinajstić information content (AvgIpc) is 3.04. The molecule has 1 N–H and O–H groups in total. The van der Waals surface area contributed by atoms with Crippen molar-refractivity contribution in [2.24, 2.45) is 17.8 Å². The van der Waals surface area contributed by atoms with Gasteiger partial charge in [-0.05, 0) is 99.2 Å². The topological polar surface area (TPSA) is 55.8 Å². The molecule has 0 aliphatic heterocycles. The molecule has 2 aliphatic rings. The molecule has 0 radical (unpaired) electrons. The van der Waals surface area contributed by atoms with Crippen molar-refractivity contribution < 1.29 is 28.2 Å². The Morgan fingerprint density at radius 3 is 2.23 bits per heavy atom. The van der Waals surface area contributed by atoms with Gasteiger partial charge >= 0.3 is 5.97 Å². The fourth-order valence-electron chi connectivity index (χ4n) is 7.38. The molecule has 2 fully saturated rings. The number of ether oxygens (including phenoxy) is 2. The number of esters is 1. The maximum absolute atomic E-state index is 15.7. The molecule has 44 heavy (non-hydrogen) atoms. The minimum atomic E-state index is -0.854. The van der Waals surface area contributed by atoms with Gasteiger partial charge in [0.15, 0.2) is 11.6 Å². The Hall–Kier alpha value is -2.73. The highest BCUT2D eigenvalue weighted by Crippen LogP contribution is 2.46. The zero-order valence-electron chi connectivity index (χ0n) is 26.9. The second-order valence-electron chi connectivity index (χ2n) is 13.1. The van der Waals surface area contributed by atoms with Gasteiger partial charge in [-0.25, -0.2) is 13.6 Å². The lowest BCUT2D eigenvalue weighted by Crippen LogP contribution is -2.25. The van der Waals surface area contributed by atoms with Gasteiger partial charge in [0.05, 0.1) is 0 Å². The number of aliphatic hydroxyl groups excluding tert-OH is 1. The third-order valence-electron chi connectivity index (χ3n) is 9.98. The van der Waals surface area contributed by atoms with Crippen molar-refractivity contribution in [1.82, 2.24) is 0 Å². The largest absolute Gasteiger partial charge is 0.489 e. The van der Waals surface area contributed by atoms with Crippen LogP contribution in [0.25, 0.3) is 11.1 Å². The van der Waals surface area contributed by atoms with E-state index in [2.05, 4.69) is 13.5 Å². The molecule has 2 aromatic carbocycles. The fraction of sp³-hybridized carbons (Fsp3) is 0.605. The molecule has 242 valence electrons. The number of aliphatic hydroxyl groups is 1. The summed E-state index contributed by atoms with van der Waals surface area (Å²) < 4.78 is 42.5. The molecule has 2 aromatic rings. The summed E-state index contributed by atoms with van der Waals surface area (Å²) in [7, 11) is 0. The predicted octanol–water partition coefficient (Wildman–Crippen LogP) is 9.72. The molecule has 0 aromatic heterocycles. The fourth-order valence-corrected chi connectivity index (χ4v) is 7.38. The number of carbonyl (C=O) groups excluding carboxylic acids is 1. The standard InChI is InChI=1S/C38H52F2O4/c1-4-5-6-8-27-10-13-29(14-11-27)30-15-17-31(18-16-30)32-20-21-34(37(40)36(32)39)33-19-12-28(9-7-22-41)25-35(33)43-23-24-44-38(42)26(2)3/h12,19-21,25,27,29-31,41H,2,4-11,13-18,22-24H2,1,3H3. The SMILES string of the molecule is C=C(C)C(=O)OCCOc1cc(CCCO)ccc1-c1ccc(C2CCC(C3CCC(CCCCC)CC3)CC2)c(F)c1F. The molecular formula is C38H52F2O4. The molecule has 0 saturated heterocycles. The first-order chi connectivity index (χ1) is 21.3. The van der Waals surface area contributed by atoms with E-state index in [-0.39, 0.29) is 31.3 Å². The number of unbranched alkanes of at least 4 members (excludes halogenated alkanes) is 2. The molecule has 0 spiro atoms. The van der Waals surface area contributed by atoms with Gasteiger partial charge in [-0.3, -0.25) is 0 Å². The highest BCUT2D eigenvalue weighted by Gasteiger charge is 2.32. The van der Waals surface area contributed by atoms with Crippen molar-refractivity contribution in [3.05, 3.63) is 65.2 Å². The first-order valence-corrected chi connectivity index (χ1v) is 17.0. The summed E-state index contributed by atoms with van der Waals surface area (Å²) in [6, 6.07) is 8.82. The average molecular weight is 611 g/mol. The van der Waals surface area contributed by atoms with E-state index in [4.69, 9.17) is 9.47 Å². The maximum Gasteiger partial charge on any atom is 0.333 e. The number of hydrogen-bond acceptors (Lipinski definition) is 4. The van der Waals surface area contributed by atoms with Crippen molar-refractivity contribution in [3.63, 3.8) is 0 Å². The molecule has 6 heteroatoms. The Morgan fingerprint density at radius 2 is 1.57 bits per heavy atom. The number of rotatable bonds is 15. The quantitative estimate of drug-likeness (QED) is 0.124. The summed E-state index contributed by atoms with van der Waals surface area (Å²) in [4.78, 5) is 11.7. The van der Waals surface area contributed by atoms with Crippen LogP contribution in [-0.4, -0.2) is 30.9 Å². The highest BCUT2D eigenvalue weighted by molar-refractivity contribution is 5.86. The van der Waals surface area contributed by atoms with Crippen LogP contribution in [-0.2, 0) is 16.0 Å². The zero-order chi connectivity index (χ0) is 31.5. The normalized spacial score (nSPS) is 22.0. The molecule has 0 atom stereocenters. The highest BCUT2D eigenvalue weighted by atomic mass is 19.2. The molecule has 4 rings (SSSR count). The Kier molecular flexibility index (Phi) is 13.3. The number of hydrogen-bond donors (Lipinski definition) is 1. The number of aryl methyl sites for hydroxylation is 1. The van der Waals surface area contributed by atoms with E-state index in [1.807, 2.05) is 6.07 Å². The van der Waals surface area contributed by atoms with Crippen LogP contribution >= 0.6 is 0 Å². The van der Waals surface area contributed by atoms with Crippen LogP contribution in [0.4, 0.5) is 8.78 Å². The van der Waals surface area contributed by atoms with Crippen molar-refractivity contribution in [1.29, 1.82) is 0 Å². The Balaban J connectivity index is 1.40. The molecule has 2 aliphatic carbocycles. The van der Waals surface area contributed by atoms with Crippen molar-refractivity contribution in [3.8, 4) is 16.9 Å². The second kappa shape index (κ2) is 17.1. The molecule has 4 nitrogen and oxygen atoms in total. The lowest BCUT2D eigenvalue weighted by molar-refractivity contribution is -0.139. The summed E-state index contributed by atoms with van der Waals surface area (Å²) in [5.74, 6) is 0.731. The van der Waals surface area contributed by atoms with Gasteiger partial charge in [-0.2, -0.15) is 0 Å². The summed E-state index contributed by atoms with van der Waals surface area (Å²) in [6.45, 7) is 7.52. The van der Waals surface area contributed by atoms with Crippen molar-refractivity contribution in [2.75, 3.05) is 19.8 Å². The van der Waals surface area contributed by atoms with Crippen LogP contribution in [0, 0.1) is 29.4 Å². The lowest BCUT2D eigenvalue weighted by Gasteiger charge is -2.38. The van der Waals surface area contributed by atoms with Crippen LogP contribution in [0.2, 0.25) is 0 Å². The minimum absolute atomic E-state index is 0.00481. The molecule has 0 bridgehead atoms. The van der Waals surface area contributed by atoms with Gasteiger partial charge in [0.25, 0.3) is 0 Å². The van der Waals surface area contributed by atoms with Gasteiger partial charge in [-0.15, -0.1) is 0 Å². The Bertz CT molecular complexity index is 1230. The first-order valence-electron chi connectivity index (χ1n) is 17.0. The Morgan fingerprint density at radius 1 is 0.886 bits per heavy atom. The third kappa shape index (κ3) is 9.15. The van der Waals surface area contributed by atoms with E-state index in [0.717, 1.165) is 43.1 Å². The van der Waals surface area contributed by atoms with E-state index >= 15 is 8.78 Å². The molecule has 0 unspecified atom stereocenters. The smallest absolute Gasteiger partial charge is 0.333 e. The van der Waals surface area contributed by atoms with E-state index in [9.17, 15) is 9.90 Å². The monoisotopic (exact) mass is 610 g/mol. The maximum atomic E-state index is 15.7. The van der Waals surface area contributed by atoms with Gasteiger partial charge in [-0.1, -0.05) is 76.3 Å². The van der Waals surface area contributed by atoms with Crippen LogP contribution < -0.4 is 4.74 Å². The lowest BCUT2D eigenvalue weighted by atomic mass is 9.68. The van der Waals surface area contributed by atoms with Crippen molar-refractivity contribution >= 4 is 5.97 Å². The van der Waals surface area contributed by atoms with Crippen LogP contribution in [0.1, 0.15) is 114 Å². The Labute approximate surface area is 263 Å². The second-order valence-corrected chi connectivity index (χ2v) is 13.1. The van der Waals surface area contributed by atoms with E-state index < -0.39 is 17.6 Å². The zero-order valence-corrected chi connectivity index (χ0v) is 26.9. The van der Waals surface area contributed by atoms with Crippen LogP contribution in [0.5, 0.6) is 5.75 Å². The van der Waals surface area contributed by atoms with E-state index in [0.29, 0.717) is 41.2 Å². The number of carbonyl (C=O) groups is 1. The number of halogens is 2. The summed E-state index contributed by atoms with van der Waals surface area (Å²) in [5, 5.41) is 9.25. The predicted molar refractivity (Wildman–Crippen MR) is 173 cm³/mol. The van der Waals surface area contributed by atoms with Crippen molar-refractivity contribution in [2.45, 2.75) is 110 Å². The molecule has 2 saturated carbocycles.